The van der Waals surface area contributed by atoms with E-state index < -0.39 is 5.97 Å². The van der Waals surface area contributed by atoms with Crippen LogP contribution in [0.25, 0.3) is 10.9 Å². The number of unbranched alkanes of at least 4 members (excludes halogenated alkanes) is 5. The molecule has 9 nitrogen and oxygen atoms in total. The third-order valence-electron chi connectivity index (χ3n) is 7.64. The molecule has 232 valence electrons. The van der Waals surface area contributed by atoms with Crippen LogP contribution >= 0.6 is 0 Å². The number of nitrogens with zero attached hydrogens (tertiary/aromatic N) is 3. The average molecular weight is 592 g/mol. The van der Waals surface area contributed by atoms with Gasteiger partial charge in [-0.1, -0.05) is 32.6 Å². The second-order valence-electron chi connectivity index (χ2n) is 10.9. The number of aromatic nitrogens is 1. The zero-order valence-corrected chi connectivity index (χ0v) is 26.4. The van der Waals surface area contributed by atoms with E-state index in [2.05, 4.69) is 6.92 Å². The summed E-state index contributed by atoms with van der Waals surface area (Å²) >= 11 is 0. The van der Waals surface area contributed by atoms with Gasteiger partial charge in [-0.3, -0.25) is 23.7 Å². The van der Waals surface area contributed by atoms with Crippen molar-refractivity contribution in [2.24, 2.45) is 0 Å². The fourth-order valence-electron chi connectivity index (χ4n) is 5.29. The van der Waals surface area contributed by atoms with Crippen LogP contribution in [0.4, 0.5) is 5.69 Å². The van der Waals surface area contributed by atoms with Crippen molar-refractivity contribution in [3.05, 3.63) is 53.7 Å². The third kappa shape index (κ3) is 8.69. The highest BCUT2D eigenvalue weighted by molar-refractivity contribution is 6.11. The van der Waals surface area contributed by atoms with Crippen molar-refractivity contribution in [2.45, 2.75) is 79.1 Å². The SMILES string of the molecule is CCCCN(C)C(=O)CCCCCCCN(C(C)=O)c1c(C)n(C(=O)c2ccc(OC)cc2)c2ccc(OC(C)=O)cc12. The molecule has 0 bridgehead atoms. The number of fused-ring (bicyclic) bond motifs is 1. The smallest absolute Gasteiger partial charge is 0.308 e. The van der Waals surface area contributed by atoms with Gasteiger partial charge in [0.25, 0.3) is 5.91 Å². The van der Waals surface area contributed by atoms with E-state index in [0.29, 0.717) is 52.3 Å². The molecule has 3 rings (SSSR count). The van der Waals surface area contributed by atoms with Crippen LogP contribution in [0.15, 0.2) is 42.5 Å². The van der Waals surface area contributed by atoms with Gasteiger partial charge in [0.05, 0.1) is 18.3 Å². The maximum absolute atomic E-state index is 13.8. The summed E-state index contributed by atoms with van der Waals surface area (Å²) in [7, 11) is 3.44. The average Bonchev–Trinajstić information content (AvgIpc) is 3.26. The summed E-state index contributed by atoms with van der Waals surface area (Å²) in [5.74, 6) is 0.344. The zero-order valence-electron chi connectivity index (χ0n) is 26.4. The highest BCUT2D eigenvalue weighted by Crippen LogP contribution is 2.37. The van der Waals surface area contributed by atoms with Crippen LogP contribution in [0.3, 0.4) is 0 Å². The predicted molar refractivity (Wildman–Crippen MR) is 169 cm³/mol. The van der Waals surface area contributed by atoms with E-state index in [1.165, 1.54) is 13.8 Å². The van der Waals surface area contributed by atoms with Crippen LogP contribution in [0.1, 0.15) is 88.2 Å². The summed E-state index contributed by atoms with van der Waals surface area (Å²) in [5, 5.41) is 0.652. The maximum atomic E-state index is 13.8. The van der Waals surface area contributed by atoms with Gasteiger partial charge in [0.15, 0.2) is 0 Å². The zero-order chi connectivity index (χ0) is 31.5. The molecule has 0 atom stereocenters. The van der Waals surface area contributed by atoms with Crippen LogP contribution in [0, 0.1) is 6.92 Å². The Morgan fingerprint density at radius 2 is 1.49 bits per heavy atom. The van der Waals surface area contributed by atoms with E-state index in [0.717, 1.165) is 51.5 Å². The number of hydrogen-bond acceptors (Lipinski definition) is 6. The van der Waals surface area contributed by atoms with Gasteiger partial charge < -0.3 is 19.3 Å². The minimum Gasteiger partial charge on any atom is -0.497 e. The van der Waals surface area contributed by atoms with E-state index in [9.17, 15) is 19.2 Å². The third-order valence-corrected chi connectivity index (χ3v) is 7.64. The minimum atomic E-state index is -0.455. The van der Waals surface area contributed by atoms with Gasteiger partial charge in [-0.2, -0.15) is 0 Å². The Kier molecular flexibility index (Phi) is 12.3. The van der Waals surface area contributed by atoms with E-state index in [1.54, 1.807) is 59.0 Å². The van der Waals surface area contributed by atoms with Crippen molar-refractivity contribution in [3.8, 4) is 11.5 Å². The fraction of sp³-hybridized carbons (Fsp3) is 0.471. The van der Waals surface area contributed by atoms with E-state index in [-0.39, 0.29) is 17.7 Å². The predicted octanol–water partition coefficient (Wildman–Crippen LogP) is 6.52. The van der Waals surface area contributed by atoms with Gasteiger partial charge in [-0.05, 0) is 68.7 Å². The summed E-state index contributed by atoms with van der Waals surface area (Å²) in [5.41, 5.74) is 2.33. The Morgan fingerprint density at radius 1 is 0.837 bits per heavy atom. The van der Waals surface area contributed by atoms with Gasteiger partial charge in [-0.15, -0.1) is 0 Å². The maximum Gasteiger partial charge on any atom is 0.308 e. The van der Waals surface area contributed by atoms with Crippen LogP contribution < -0.4 is 14.4 Å². The first-order valence-corrected chi connectivity index (χ1v) is 15.1. The molecule has 0 fully saturated rings. The molecule has 0 aliphatic heterocycles. The second-order valence-corrected chi connectivity index (χ2v) is 10.9. The largest absolute Gasteiger partial charge is 0.497 e. The molecule has 0 aliphatic rings. The van der Waals surface area contributed by atoms with Gasteiger partial charge in [0, 0.05) is 57.0 Å². The second kappa shape index (κ2) is 15.9. The van der Waals surface area contributed by atoms with Crippen molar-refractivity contribution < 1.29 is 28.7 Å². The monoisotopic (exact) mass is 591 g/mol. The first kappa shape index (κ1) is 33.4. The van der Waals surface area contributed by atoms with Crippen molar-refractivity contribution >= 4 is 40.3 Å². The van der Waals surface area contributed by atoms with Crippen molar-refractivity contribution in [1.29, 1.82) is 0 Å². The van der Waals surface area contributed by atoms with Gasteiger partial charge in [-0.25, -0.2) is 0 Å². The molecule has 0 aliphatic carbocycles. The normalized spacial score (nSPS) is 10.9. The van der Waals surface area contributed by atoms with Crippen LogP contribution in [0.5, 0.6) is 11.5 Å². The first-order chi connectivity index (χ1) is 20.6. The van der Waals surface area contributed by atoms with Gasteiger partial charge in [0.2, 0.25) is 11.8 Å². The Balaban J connectivity index is 1.79. The lowest BCUT2D eigenvalue weighted by atomic mass is 10.1. The van der Waals surface area contributed by atoms with Crippen LogP contribution in [-0.2, 0) is 14.4 Å². The number of rotatable bonds is 15. The first-order valence-electron chi connectivity index (χ1n) is 15.1. The Bertz CT molecular complexity index is 1430. The van der Waals surface area contributed by atoms with Crippen LogP contribution in [-0.4, -0.2) is 60.4 Å². The number of benzene rings is 2. The minimum absolute atomic E-state index is 0.141. The highest BCUT2D eigenvalue weighted by Gasteiger charge is 2.26. The molecule has 0 unspecified atom stereocenters. The Labute approximate surface area is 254 Å². The molecular weight excluding hydrogens is 546 g/mol. The number of carbonyl (C=O) groups excluding carboxylic acids is 4. The lowest BCUT2D eigenvalue weighted by Gasteiger charge is -2.22. The molecule has 2 aromatic carbocycles. The van der Waals surface area contributed by atoms with E-state index >= 15 is 0 Å². The molecular formula is C34H45N3O6. The molecule has 43 heavy (non-hydrogen) atoms. The summed E-state index contributed by atoms with van der Waals surface area (Å²) < 4.78 is 12.2. The highest BCUT2D eigenvalue weighted by atomic mass is 16.5. The molecule has 0 saturated carbocycles. The standard InChI is InChI=1S/C34H45N3O6/c1-7-8-21-35(5)32(40)14-12-10-9-11-13-22-36(25(3)38)33-24(2)37(34(41)27-15-17-28(42-6)18-16-27)31-20-19-29(23-30(31)33)43-26(4)39/h15-20,23H,7-14,21-22H2,1-6H3. The number of ether oxygens (including phenoxy) is 2. The molecule has 3 aromatic rings. The summed E-state index contributed by atoms with van der Waals surface area (Å²) in [6.45, 7) is 8.07. The molecule has 0 spiro atoms. The number of hydrogen-bond donors (Lipinski definition) is 0. The van der Waals surface area contributed by atoms with Crippen molar-refractivity contribution in [3.63, 3.8) is 0 Å². The van der Waals surface area contributed by atoms with E-state index in [4.69, 9.17) is 9.47 Å². The summed E-state index contributed by atoms with van der Waals surface area (Å²) in [4.78, 5) is 54.2. The molecule has 1 aromatic heterocycles. The number of amides is 2. The molecule has 0 radical (unpaired) electrons. The van der Waals surface area contributed by atoms with Gasteiger partial charge in [0.1, 0.15) is 11.5 Å². The lowest BCUT2D eigenvalue weighted by molar-refractivity contribution is -0.132. The Hall–Kier alpha value is -4.14. The number of carbonyl (C=O) groups is 4. The van der Waals surface area contributed by atoms with Gasteiger partial charge >= 0.3 is 5.97 Å². The molecule has 9 heteroatoms. The molecule has 1 heterocycles. The Morgan fingerprint density at radius 3 is 2.12 bits per heavy atom. The molecule has 0 N–H and O–H groups in total. The van der Waals surface area contributed by atoms with Crippen LogP contribution in [0.2, 0.25) is 0 Å². The fourth-order valence-corrected chi connectivity index (χ4v) is 5.29. The molecule has 0 saturated heterocycles. The molecule has 2 amide bonds. The number of esters is 1. The van der Waals surface area contributed by atoms with Crippen molar-refractivity contribution in [1.82, 2.24) is 9.47 Å². The van der Waals surface area contributed by atoms with Crippen molar-refractivity contribution in [2.75, 3.05) is 32.1 Å². The topological polar surface area (TPSA) is 98.2 Å². The lowest BCUT2D eigenvalue weighted by Crippen LogP contribution is -2.30. The summed E-state index contributed by atoms with van der Waals surface area (Å²) in [6.07, 6.45) is 7.10. The quantitative estimate of drug-likeness (QED) is 0.113. The number of methoxy groups -OCH3 is 1. The van der Waals surface area contributed by atoms with E-state index in [1.807, 2.05) is 18.9 Å². The summed E-state index contributed by atoms with van der Waals surface area (Å²) in [6, 6.07) is 12.0. The number of anilines is 1.